The van der Waals surface area contributed by atoms with Crippen LogP contribution < -0.4 is 0 Å². The van der Waals surface area contributed by atoms with E-state index in [1.807, 2.05) is 0 Å². The van der Waals surface area contributed by atoms with Gasteiger partial charge in [0.1, 0.15) is 36.6 Å². The highest BCUT2D eigenvalue weighted by molar-refractivity contribution is 4.65. The van der Waals surface area contributed by atoms with Gasteiger partial charge in [0.2, 0.25) is 0 Å². The molecule has 0 spiro atoms. The van der Waals surface area contributed by atoms with Crippen molar-refractivity contribution in [2.75, 3.05) is 149 Å². The molecule has 0 radical (unpaired) electrons. The highest BCUT2D eigenvalue weighted by atomic mass is 16.6. The fourth-order valence-electron chi connectivity index (χ4n) is 3.77. The summed E-state index contributed by atoms with van der Waals surface area (Å²) in [7, 11) is 13.0. The molecular weight excluding hydrogens is 584 g/mol. The van der Waals surface area contributed by atoms with Crippen molar-refractivity contribution in [2.24, 2.45) is 5.92 Å². The van der Waals surface area contributed by atoms with E-state index in [0.717, 1.165) is 0 Å². The van der Waals surface area contributed by atoms with Crippen LogP contribution in [0.4, 0.5) is 0 Å². The Kier molecular flexibility index (Phi) is 30.7. The maximum Gasteiger partial charge on any atom is 0.104 e. The van der Waals surface area contributed by atoms with E-state index in [-0.39, 0.29) is 42.5 Å². The van der Waals surface area contributed by atoms with Gasteiger partial charge in [0.25, 0.3) is 0 Å². The van der Waals surface area contributed by atoms with Gasteiger partial charge in [0, 0.05) is 62.8 Å². The fraction of sp³-hybridized carbons (Fsp3) is 1.00. The van der Waals surface area contributed by atoms with E-state index in [2.05, 4.69) is 6.92 Å². The molecule has 0 bridgehead atoms. The van der Waals surface area contributed by atoms with Gasteiger partial charge in [0.05, 0.1) is 92.5 Å². The number of methoxy groups -OCH3 is 8. The second kappa shape index (κ2) is 31.1. The SMILES string of the molecule is COCC(COCC(COCC(C)COCC(COCC(COC)OC)OCC(COC)OC)OCC(COC)OC)OC. The van der Waals surface area contributed by atoms with Crippen molar-refractivity contribution in [3.8, 4) is 0 Å². The summed E-state index contributed by atoms with van der Waals surface area (Å²) < 4.78 is 78.0. The van der Waals surface area contributed by atoms with E-state index < -0.39 is 0 Å². The predicted molar refractivity (Wildman–Crippen MR) is 163 cm³/mol. The zero-order valence-electron chi connectivity index (χ0n) is 28.7. The molecule has 0 heterocycles. The molecule has 0 fully saturated rings. The molecule has 0 aromatic heterocycles. The van der Waals surface area contributed by atoms with E-state index in [4.69, 9.17) is 66.3 Å². The van der Waals surface area contributed by atoms with Gasteiger partial charge in [-0.3, -0.25) is 0 Å². The van der Waals surface area contributed by atoms with Crippen LogP contribution in [0, 0.1) is 5.92 Å². The molecule has 14 nitrogen and oxygen atoms in total. The van der Waals surface area contributed by atoms with Gasteiger partial charge in [-0.15, -0.1) is 0 Å². The number of rotatable bonds is 34. The highest BCUT2D eigenvalue weighted by Crippen LogP contribution is 2.07. The molecule has 44 heavy (non-hydrogen) atoms. The number of hydrogen-bond acceptors (Lipinski definition) is 14. The number of hydrogen-bond donors (Lipinski definition) is 0. The maximum atomic E-state index is 6.04. The quantitative estimate of drug-likeness (QED) is 0.0990. The normalized spacial score (nSPS) is 16.8. The summed E-state index contributed by atoms with van der Waals surface area (Å²) in [6, 6.07) is 0. The summed E-state index contributed by atoms with van der Waals surface area (Å²) in [6.07, 6.45) is -1.31. The Hall–Kier alpha value is -0.560. The van der Waals surface area contributed by atoms with Crippen LogP contribution >= 0.6 is 0 Å². The van der Waals surface area contributed by atoms with Gasteiger partial charge in [-0.25, -0.2) is 0 Å². The van der Waals surface area contributed by atoms with Crippen LogP contribution in [0.5, 0.6) is 0 Å². The Morgan fingerprint density at radius 1 is 0.295 bits per heavy atom. The molecule has 266 valence electrons. The lowest BCUT2D eigenvalue weighted by Gasteiger charge is -2.24. The van der Waals surface area contributed by atoms with E-state index in [1.54, 1.807) is 56.9 Å². The first-order chi connectivity index (χ1) is 21.4. The predicted octanol–water partition coefficient (Wildman–Crippen LogP) is 1.10. The van der Waals surface area contributed by atoms with Crippen LogP contribution in [0.3, 0.4) is 0 Å². The lowest BCUT2D eigenvalue weighted by molar-refractivity contribution is -0.117. The molecule has 6 atom stereocenters. The lowest BCUT2D eigenvalue weighted by atomic mass is 10.2. The molecule has 0 saturated heterocycles. The lowest BCUT2D eigenvalue weighted by Crippen LogP contribution is -2.35. The Morgan fingerprint density at radius 3 is 0.818 bits per heavy atom. The van der Waals surface area contributed by atoms with Gasteiger partial charge in [0.15, 0.2) is 0 Å². The first kappa shape index (κ1) is 43.4. The molecule has 6 unspecified atom stereocenters. The summed E-state index contributed by atoms with van der Waals surface area (Å²) in [5.74, 6) is 0.123. The molecule has 0 saturated carbocycles. The Bertz CT molecular complexity index is 542. The second-order valence-corrected chi connectivity index (χ2v) is 10.4. The summed E-state index contributed by atoms with van der Waals surface area (Å²) in [5.41, 5.74) is 0. The second-order valence-electron chi connectivity index (χ2n) is 10.4. The Labute approximate surface area is 265 Å². The fourth-order valence-corrected chi connectivity index (χ4v) is 3.77. The summed E-state index contributed by atoms with van der Waals surface area (Å²) in [4.78, 5) is 0. The van der Waals surface area contributed by atoms with E-state index >= 15 is 0 Å². The molecule has 0 rings (SSSR count). The summed E-state index contributed by atoms with van der Waals surface area (Å²) in [6.45, 7) is 7.53. The van der Waals surface area contributed by atoms with Crippen LogP contribution in [-0.2, 0) is 66.3 Å². The molecule has 0 aliphatic rings. The maximum absolute atomic E-state index is 6.04. The van der Waals surface area contributed by atoms with Crippen LogP contribution in [0.2, 0.25) is 0 Å². The van der Waals surface area contributed by atoms with Crippen molar-refractivity contribution in [3.05, 3.63) is 0 Å². The minimum atomic E-state index is -0.303. The summed E-state index contributed by atoms with van der Waals surface area (Å²) >= 11 is 0. The standard InChI is InChI=1S/C30H62O14/c1-24(10-39-18-29(43-22-27(37-8)14-33-4)20-41-16-25(35-6)12-31-2)11-40-19-30(44-23-28(38-9)15-34-5)21-42-17-26(36-7)13-32-3/h24-30H,10-23H2,1-9H3. The van der Waals surface area contributed by atoms with Crippen molar-refractivity contribution < 1.29 is 66.3 Å². The molecule has 0 aliphatic heterocycles. The smallest absolute Gasteiger partial charge is 0.104 e. The monoisotopic (exact) mass is 646 g/mol. The molecule has 14 heteroatoms. The van der Waals surface area contributed by atoms with Crippen molar-refractivity contribution in [3.63, 3.8) is 0 Å². The molecular formula is C30H62O14. The first-order valence-electron chi connectivity index (χ1n) is 15.0. The van der Waals surface area contributed by atoms with Gasteiger partial charge in [-0.2, -0.15) is 0 Å². The molecule has 0 aromatic carbocycles. The molecule has 0 aliphatic carbocycles. The van der Waals surface area contributed by atoms with Crippen LogP contribution in [0.15, 0.2) is 0 Å². The third-order valence-corrected chi connectivity index (χ3v) is 6.41. The number of ether oxygens (including phenoxy) is 14. The van der Waals surface area contributed by atoms with Gasteiger partial charge in [-0.05, 0) is 0 Å². The largest absolute Gasteiger partial charge is 0.382 e. The molecule has 0 aromatic rings. The Morgan fingerprint density at radius 2 is 0.545 bits per heavy atom. The van der Waals surface area contributed by atoms with Crippen molar-refractivity contribution in [2.45, 2.75) is 43.5 Å². The Balaban J connectivity index is 4.78. The van der Waals surface area contributed by atoms with Crippen LogP contribution in [-0.4, -0.2) is 186 Å². The van der Waals surface area contributed by atoms with Crippen molar-refractivity contribution >= 4 is 0 Å². The van der Waals surface area contributed by atoms with E-state index in [0.29, 0.717) is 92.5 Å². The van der Waals surface area contributed by atoms with E-state index in [1.165, 1.54) is 0 Å². The van der Waals surface area contributed by atoms with Crippen LogP contribution in [0.1, 0.15) is 6.92 Å². The van der Waals surface area contributed by atoms with E-state index in [9.17, 15) is 0 Å². The summed E-state index contributed by atoms with van der Waals surface area (Å²) in [5, 5.41) is 0. The minimum absolute atomic E-state index is 0.123. The topological polar surface area (TPSA) is 129 Å². The average Bonchev–Trinajstić information content (AvgIpc) is 3.03. The average molecular weight is 647 g/mol. The molecule has 0 N–H and O–H groups in total. The first-order valence-corrected chi connectivity index (χ1v) is 15.0. The highest BCUT2D eigenvalue weighted by Gasteiger charge is 2.19. The third kappa shape index (κ3) is 23.7. The zero-order valence-corrected chi connectivity index (χ0v) is 28.7. The van der Waals surface area contributed by atoms with Crippen molar-refractivity contribution in [1.29, 1.82) is 0 Å². The van der Waals surface area contributed by atoms with Gasteiger partial charge < -0.3 is 66.3 Å². The zero-order chi connectivity index (χ0) is 32.8. The van der Waals surface area contributed by atoms with Crippen LogP contribution in [0.25, 0.3) is 0 Å². The molecule has 0 amide bonds. The minimum Gasteiger partial charge on any atom is -0.382 e. The van der Waals surface area contributed by atoms with Gasteiger partial charge in [-0.1, -0.05) is 6.92 Å². The van der Waals surface area contributed by atoms with Gasteiger partial charge >= 0.3 is 0 Å². The van der Waals surface area contributed by atoms with Crippen molar-refractivity contribution in [1.82, 2.24) is 0 Å². The third-order valence-electron chi connectivity index (χ3n) is 6.41.